The van der Waals surface area contributed by atoms with Gasteiger partial charge in [0.1, 0.15) is 11.0 Å². The van der Waals surface area contributed by atoms with Gasteiger partial charge in [-0.25, -0.2) is 14.8 Å². The van der Waals surface area contributed by atoms with Crippen LogP contribution in [0.3, 0.4) is 0 Å². The molecular weight excluding hydrogens is 566 g/mol. The lowest BCUT2D eigenvalue weighted by molar-refractivity contribution is -0.161. The lowest BCUT2D eigenvalue weighted by atomic mass is 10.1. The third-order valence-electron chi connectivity index (χ3n) is 6.93. The molecule has 10 nitrogen and oxygen atoms in total. The van der Waals surface area contributed by atoms with E-state index >= 15 is 0 Å². The molecule has 3 N–H and O–H groups in total. The second kappa shape index (κ2) is 12.0. The first-order chi connectivity index (χ1) is 20.0. The zero-order chi connectivity index (χ0) is 30.0. The number of anilines is 1. The zero-order valence-corrected chi connectivity index (χ0v) is 23.9. The molecule has 2 aromatic carbocycles. The number of benzene rings is 2. The van der Waals surface area contributed by atoms with Gasteiger partial charge in [-0.1, -0.05) is 29.8 Å². The van der Waals surface area contributed by atoms with Crippen LogP contribution in [-0.2, 0) is 16.1 Å². The molecule has 0 saturated carbocycles. The van der Waals surface area contributed by atoms with Gasteiger partial charge in [0.15, 0.2) is 0 Å². The number of carboxylic acid groups (broad SMARTS) is 1. The number of thiophene rings is 1. The molecule has 0 unspecified atom stereocenters. The molecule has 0 spiro atoms. The number of nitrogens with zero attached hydrogens (tertiary/aromatic N) is 5. The third kappa shape index (κ3) is 6.32. The number of nitrogen functional groups attached to an aromatic ring is 1. The number of ether oxygens (including phenoxy) is 1. The Morgan fingerprint density at radius 1 is 1.10 bits per heavy atom. The van der Waals surface area contributed by atoms with E-state index in [0.29, 0.717) is 23.1 Å². The number of nitrogens with two attached hydrogens (primary N) is 1. The first-order valence-corrected chi connectivity index (χ1v) is 14.1. The van der Waals surface area contributed by atoms with E-state index in [1.165, 1.54) is 16.9 Å². The number of carbonyl (C=O) groups is 1. The van der Waals surface area contributed by atoms with Crippen LogP contribution in [-0.4, -0.2) is 73.8 Å². The van der Waals surface area contributed by atoms with Gasteiger partial charge in [-0.15, -0.1) is 11.3 Å². The van der Waals surface area contributed by atoms with Crippen molar-refractivity contribution in [3.05, 3.63) is 70.8 Å². The highest BCUT2D eigenvalue weighted by molar-refractivity contribution is 7.22. The molecule has 0 aliphatic carbocycles. The number of aromatic nitrogens is 4. The van der Waals surface area contributed by atoms with E-state index in [2.05, 4.69) is 46.1 Å². The Labute approximate surface area is 243 Å². The SMILES string of the molecule is CC(F)(F)C(=O)O.Cc1ccc(-c2cc3ncn(-c4ccc5c(c4)nc(N)n5CCN4CCOCC4)c(=O)c3s2)cc1. The summed E-state index contributed by atoms with van der Waals surface area (Å²) in [6.45, 7) is 7.45. The molecule has 0 atom stereocenters. The summed E-state index contributed by atoms with van der Waals surface area (Å²) in [5, 5.41) is 7.50. The van der Waals surface area contributed by atoms with Crippen LogP contribution >= 0.6 is 11.3 Å². The molecule has 5 aromatic rings. The molecule has 6 rings (SSSR count). The number of halogens is 2. The van der Waals surface area contributed by atoms with Gasteiger partial charge >= 0.3 is 11.9 Å². The largest absolute Gasteiger partial charge is 0.477 e. The first-order valence-electron chi connectivity index (χ1n) is 13.3. The van der Waals surface area contributed by atoms with Crippen LogP contribution in [0.5, 0.6) is 0 Å². The molecule has 42 heavy (non-hydrogen) atoms. The predicted octanol–water partition coefficient (Wildman–Crippen LogP) is 4.41. The van der Waals surface area contributed by atoms with Crippen molar-refractivity contribution < 1.29 is 23.4 Å². The summed E-state index contributed by atoms with van der Waals surface area (Å²) in [6.07, 6.45) is 1.59. The molecular formula is C29H30F2N6O4S. The van der Waals surface area contributed by atoms with Crippen LogP contribution in [0.1, 0.15) is 12.5 Å². The van der Waals surface area contributed by atoms with Crippen LogP contribution in [0.25, 0.3) is 37.4 Å². The van der Waals surface area contributed by atoms with Crippen molar-refractivity contribution in [3.63, 3.8) is 0 Å². The van der Waals surface area contributed by atoms with Crippen LogP contribution in [0.2, 0.25) is 0 Å². The number of imidazole rings is 1. The number of alkyl halides is 2. The summed E-state index contributed by atoms with van der Waals surface area (Å²) in [6, 6.07) is 16.1. The maximum atomic E-state index is 13.4. The monoisotopic (exact) mass is 596 g/mol. The molecule has 0 radical (unpaired) electrons. The van der Waals surface area contributed by atoms with Gasteiger partial charge in [0.05, 0.1) is 35.5 Å². The number of aliphatic carboxylic acids is 1. The van der Waals surface area contributed by atoms with E-state index in [-0.39, 0.29) is 5.56 Å². The van der Waals surface area contributed by atoms with Crippen LogP contribution in [0, 0.1) is 6.92 Å². The molecule has 1 aliphatic heterocycles. The number of hydrogen-bond donors (Lipinski definition) is 2. The van der Waals surface area contributed by atoms with Crippen molar-refractivity contribution in [1.29, 1.82) is 0 Å². The first kappa shape index (κ1) is 29.3. The third-order valence-corrected chi connectivity index (χ3v) is 8.09. The Morgan fingerprint density at radius 2 is 1.79 bits per heavy atom. The minimum Gasteiger partial charge on any atom is -0.477 e. The van der Waals surface area contributed by atoms with Crippen molar-refractivity contribution in [3.8, 4) is 16.1 Å². The maximum Gasteiger partial charge on any atom is 0.374 e. The smallest absolute Gasteiger partial charge is 0.374 e. The number of morpholine rings is 1. The van der Waals surface area contributed by atoms with E-state index in [4.69, 9.17) is 15.6 Å². The predicted molar refractivity (Wildman–Crippen MR) is 159 cm³/mol. The summed E-state index contributed by atoms with van der Waals surface area (Å²) in [7, 11) is 0. The molecule has 0 bridgehead atoms. The maximum absolute atomic E-state index is 13.4. The molecule has 220 valence electrons. The van der Waals surface area contributed by atoms with Crippen molar-refractivity contribution in [2.75, 3.05) is 38.6 Å². The summed E-state index contributed by atoms with van der Waals surface area (Å²) in [5.74, 6) is -5.19. The van der Waals surface area contributed by atoms with Gasteiger partial charge in [-0.05, 0) is 36.8 Å². The highest BCUT2D eigenvalue weighted by atomic mass is 32.1. The quantitative estimate of drug-likeness (QED) is 0.295. The van der Waals surface area contributed by atoms with E-state index in [0.717, 1.165) is 66.6 Å². The molecule has 1 saturated heterocycles. The van der Waals surface area contributed by atoms with Crippen molar-refractivity contribution in [2.45, 2.75) is 26.3 Å². The second-order valence-corrected chi connectivity index (χ2v) is 11.1. The van der Waals surface area contributed by atoms with E-state index in [9.17, 15) is 18.4 Å². The number of hydrogen-bond acceptors (Lipinski definition) is 8. The minimum absolute atomic E-state index is 0.0857. The van der Waals surface area contributed by atoms with Crippen LogP contribution in [0.4, 0.5) is 14.7 Å². The fourth-order valence-electron chi connectivity index (χ4n) is 4.54. The Morgan fingerprint density at radius 3 is 2.45 bits per heavy atom. The summed E-state index contributed by atoms with van der Waals surface area (Å²) >= 11 is 1.47. The van der Waals surface area contributed by atoms with Crippen molar-refractivity contribution in [1.82, 2.24) is 24.0 Å². The molecule has 1 aliphatic rings. The highest BCUT2D eigenvalue weighted by Gasteiger charge is 2.31. The fraction of sp³-hybridized carbons (Fsp3) is 0.310. The minimum atomic E-state index is -3.58. The second-order valence-electron chi connectivity index (χ2n) is 10.1. The fourth-order valence-corrected chi connectivity index (χ4v) is 5.59. The summed E-state index contributed by atoms with van der Waals surface area (Å²) < 4.78 is 32.2. The van der Waals surface area contributed by atoms with E-state index in [1.54, 1.807) is 10.9 Å². The van der Waals surface area contributed by atoms with Gasteiger partial charge in [0.25, 0.3) is 5.56 Å². The molecule has 1 fully saturated rings. The summed E-state index contributed by atoms with van der Waals surface area (Å²) in [5.41, 5.74) is 11.6. The van der Waals surface area contributed by atoms with Crippen molar-refractivity contribution >= 4 is 44.5 Å². The Kier molecular flexibility index (Phi) is 8.34. The molecule has 4 heterocycles. The normalized spacial score (nSPS) is 14.2. The van der Waals surface area contributed by atoms with E-state index < -0.39 is 11.9 Å². The lowest BCUT2D eigenvalue weighted by Crippen LogP contribution is -2.38. The van der Waals surface area contributed by atoms with Gasteiger partial charge in [-0.3, -0.25) is 14.3 Å². The summed E-state index contributed by atoms with van der Waals surface area (Å²) in [4.78, 5) is 35.2. The number of aryl methyl sites for hydroxylation is 1. The van der Waals surface area contributed by atoms with Crippen LogP contribution in [0.15, 0.2) is 59.7 Å². The topological polar surface area (TPSA) is 128 Å². The lowest BCUT2D eigenvalue weighted by Gasteiger charge is -2.26. The number of rotatable bonds is 6. The van der Waals surface area contributed by atoms with Crippen LogP contribution < -0.4 is 11.3 Å². The Bertz CT molecular complexity index is 1790. The van der Waals surface area contributed by atoms with Crippen molar-refractivity contribution in [2.24, 2.45) is 0 Å². The van der Waals surface area contributed by atoms with Gasteiger partial charge < -0.3 is 20.1 Å². The van der Waals surface area contributed by atoms with Gasteiger partial charge in [0.2, 0.25) is 5.95 Å². The average Bonchev–Trinajstić information content (AvgIpc) is 3.53. The van der Waals surface area contributed by atoms with Gasteiger partial charge in [-0.2, -0.15) is 8.78 Å². The average molecular weight is 597 g/mol. The zero-order valence-electron chi connectivity index (χ0n) is 23.1. The number of fused-ring (bicyclic) bond motifs is 2. The standard InChI is InChI=1S/C26H26N6O2S.C3H4F2O2/c1-17-2-4-18(5-3-17)23-15-21-24(35-23)25(33)32(16-28-21)19-6-7-22-20(14-19)29-26(27)31(22)9-8-30-10-12-34-13-11-30;1-3(4,5)2(6)7/h2-7,14-16H,8-13H2,1H3,(H2,27,29);1H3,(H,6,7). The highest BCUT2D eigenvalue weighted by Crippen LogP contribution is 2.31. The molecule has 3 aromatic heterocycles. The Balaban J connectivity index is 0.000000451. The number of carboxylic acids is 1. The molecule has 0 amide bonds. The molecule has 13 heteroatoms. The Hall–Kier alpha value is -4.20. The van der Waals surface area contributed by atoms with E-state index in [1.807, 2.05) is 28.8 Å². The van der Waals surface area contributed by atoms with Gasteiger partial charge in [0, 0.05) is 38.0 Å².